The summed E-state index contributed by atoms with van der Waals surface area (Å²) in [6.07, 6.45) is 1.66. The van der Waals surface area contributed by atoms with Crippen molar-refractivity contribution in [3.8, 4) is 0 Å². The molecule has 0 unspecified atom stereocenters. The highest BCUT2D eigenvalue weighted by molar-refractivity contribution is 5.80. The van der Waals surface area contributed by atoms with Crippen LogP contribution in [0.2, 0.25) is 0 Å². The van der Waals surface area contributed by atoms with Gasteiger partial charge in [-0.25, -0.2) is 9.37 Å². The van der Waals surface area contributed by atoms with Gasteiger partial charge in [0, 0.05) is 23.6 Å². The summed E-state index contributed by atoms with van der Waals surface area (Å²) in [5.41, 5.74) is 1.73. The SMILES string of the molecule is Cc1occc1CNc1ccc2ccc(F)cc2n1. The summed E-state index contributed by atoms with van der Waals surface area (Å²) in [6, 6.07) is 10.3. The lowest BCUT2D eigenvalue weighted by atomic mass is 10.2. The second kappa shape index (κ2) is 4.72. The number of aromatic nitrogens is 1. The molecular formula is C15H13FN2O. The van der Waals surface area contributed by atoms with Crippen LogP contribution in [0.5, 0.6) is 0 Å². The van der Waals surface area contributed by atoms with Crippen LogP contribution < -0.4 is 5.32 Å². The van der Waals surface area contributed by atoms with Gasteiger partial charge >= 0.3 is 0 Å². The Balaban J connectivity index is 1.83. The smallest absolute Gasteiger partial charge is 0.126 e. The van der Waals surface area contributed by atoms with Crippen molar-refractivity contribution in [2.24, 2.45) is 0 Å². The van der Waals surface area contributed by atoms with Gasteiger partial charge in [0.05, 0.1) is 11.8 Å². The lowest BCUT2D eigenvalue weighted by molar-refractivity contribution is 0.530. The van der Waals surface area contributed by atoms with Crippen molar-refractivity contribution in [1.82, 2.24) is 4.98 Å². The Hall–Kier alpha value is -2.36. The lowest BCUT2D eigenvalue weighted by Gasteiger charge is -2.06. The number of aryl methyl sites for hydroxylation is 1. The van der Waals surface area contributed by atoms with Gasteiger partial charge in [0.2, 0.25) is 0 Å². The fourth-order valence-electron chi connectivity index (χ4n) is 1.97. The average Bonchev–Trinajstić information content (AvgIpc) is 2.81. The highest BCUT2D eigenvalue weighted by Crippen LogP contribution is 2.17. The molecule has 0 saturated heterocycles. The van der Waals surface area contributed by atoms with Crippen LogP contribution in [0.15, 0.2) is 47.1 Å². The summed E-state index contributed by atoms with van der Waals surface area (Å²) in [6.45, 7) is 2.55. The molecule has 19 heavy (non-hydrogen) atoms. The molecule has 0 radical (unpaired) electrons. The van der Waals surface area contributed by atoms with Crippen molar-refractivity contribution in [3.63, 3.8) is 0 Å². The third kappa shape index (κ3) is 2.42. The molecular weight excluding hydrogens is 243 g/mol. The lowest BCUT2D eigenvalue weighted by Crippen LogP contribution is -2.01. The number of rotatable bonds is 3. The van der Waals surface area contributed by atoms with E-state index in [2.05, 4.69) is 10.3 Å². The van der Waals surface area contributed by atoms with Gasteiger partial charge in [0.1, 0.15) is 17.4 Å². The average molecular weight is 256 g/mol. The number of benzene rings is 1. The molecule has 0 spiro atoms. The summed E-state index contributed by atoms with van der Waals surface area (Å²) in [7, 11) is 0. The Kier molecular flexibility index (Phi) is 2.91. The van der Waals surface area contributed by atoms with Crippen molar-refractivity contribution in [1.29, 1.82) is 0 Å². The van der Waals surface area contributed by atoms with Gasteiger partial charge in [-0.05, 0) is 37.3 Å². The second-order valence-corrected chi connectivity index (χ2v) is 4.39. The second-order valence-electron chi connectivity index (χ2n) is 4.39. The Morgan fingerprint density at radius 3 is 2.84 bits per heavy atom. The Bertz CT molecular complexity index is 721. The van der Waals surface area contributed by atoms with E-state index in [0.717, 1.165) is 22.5 Å². The van der Waals surface area contributed by atoms with Crippen LogP contribution in [0.4, 0.5) is 10.2 Å². The highest BCUT2D eigenvalue weighted by Gasteiger charge is 2.03. The Labute approximate surface area is 110 Å². The minimum Gasteiger partial charge on any atom is -0.469 e. The van der Waals surface area contributed by atoms with Crippen LogP contribution in [0.3, 0.4) is 0 Å². The molecule has 0 bridgehead atoms. The topological polar surface area (TPSA) is 38.1 Å². The molecule has 0 aliphatic heterocycles. The maximum Gasteiger partial charge on any atom is 0.126 e. The van der Waals surface area contributed by atoms with Crippen molar-refractivity contribution < 1.29 is 8.81 Å². The van der Waals surface area contributed by atoms with Crippen molar-refractivity contribution >= 4 is 16.7 Å². The first-order valence-electron chi connectivity index (χ1n) is 6.05. The number of hydrogen-bond donors (Lipinski definition) is 1. The van der Waals surface area contributed by atoms with E-state index in [4.69, 9.17) is 4.42 Å². The van der Waals surface area contributed by atoms with Crippen LogP contribution >= 0.6 is 0 Å². The third-order valence-electron chi connectivity index (χ3n) is 3.08. The van der Waals surface area contributed by atoms with E-state index in [1.807, 2.05) is 25.1 Å². The summed E-state index contributed by atoms with van der Waals surface area (Å²) < 4.78 is 18.4. The molecule has 0 aliphatic rings. The zero-order valence-corrected chi connectivity index (χ0v) is 10.5. The van der Waals surface area contributed by atoms with Crippen LogP contribution in [-0.2, 0) is 6.54 Å². The monoisotopic (exact) mass is 256 g/mol. The molecule has 3 aromatic rings. The van der Waals surface area contributed by atoms with Crippen LogP contribution in [0.1, 0.15) is 11.3 Å². The van der Waals surface area contributed by atoms with Gasteiger partial charge in [-0.15, -0.1) is 0 Å². The number of furan rings is 1. The summed E-state index contributed by atoms with van der Waals surface area (Å²) >= 11 is 0. The predicted octanol–water partition coefficient (Wildman–Crippen LogP) is 3.89. The zero-order chi connectivity index (χ0) is 13.2. The van der Waals surface area contributed by atoms with Gasteiger partial charge in [-0.1, -0.05) is 0 Å². The molecule has 3 rings (SSSR count). The number of halogens is 1. The third-order valence-corrected chi connectivity index (χ3v) is 3.08. The molecule has 2 aromatic heterocycles. The Morgan fingerprint density at radius 2 is 2.05 bits per heavy atom. The van der Waals surface area contributed by atoms with E-state index >= 15 is 0 Å². The number of nitrogens with one attached hydrogen (secondary N) is 1. The minimum absolute atomic E-state index is 0.275. The summed E-state index contributed by atoms with van der Waals surface area (Å²) in [5, 5.41) is 4.13. The molecule has 0 atom stereocenters. The van der Waals surface area contributed by atoms with E-state index in [9.17, 15) is 4.39 Å². The molecule has 0 fully saturated rings. The van der Waals surface area contributed by atoms with Crippen molar-refractivity contribution in [2.45, 2.75) is 13.5 Å². The predicted molar refractivity (Wildman–Crippen MR) is 72.5 cm³/mol. The number of pyridine rings is 1. The van der Waals surface area contributed by atoms with Gasteiger partial charge in [0.25, 0.3) is 0 Å². The molecule has 96 valence electrons. The maximum atomic E-state index is 13.2. The fourth-order valence-corrected chi connectivity index (χ4v) is 1.97. The fraction of sp³-hybridized carbons (Fsp3) is 0.133. The van der Waals surface area contributed by atoms with Gasteiger partial charge in [0.15, 0.2) is 0 Å². The number of anilines is 1. The molecule has 1 N–H and O–H groups in total. The van der Waals surface area contributed by atoms with E-state index < -0.39 is 0 Å². The van der Waals surface area contributed by atoms with Gasteiger partial charge in [-0.3, -0.25) is 0 Å². The quantitative estimate of drug-likeness (QED) is 0.772. The molecule has 1 aromatic carbocycles. The molecule has 0 saturated carbocycles. The standard InChI is InChI=1S/C15H13FN2O/c1-10-12(6-7-19-10)9-17-15-5-3-11-2-4-13(16)8-14(11)18-15/h2-8H,9H2,1H3,(H,17,18). The number of nitrogens with zero attached hydrogens (tertiary/aromatic N) is 1. The van der Waals surface area contributed by atoms with Crippen LogP contribution in [0, 0.1) is 12.7 Å². The van der Waals surface area contributed by atoms with E-state index in [-0.39, 0.29) is 5.82 Å². The van der Waals surface area contributed by atoms with Crippen molar-refractivity contribution in [3.05, 3.63) is 59.8 Å². The molecule has 3 nitrogen and oxygen atoms in total. The van der Waals surface area contributed by atoms with Gasteiger partial charge in [-0.2, -0.15) is 0 Å². The van der Waals surface area contributed by atoms with E-state index in [1.165, 1.54) is 12.1 Å². The molecule has 0 aliphatic carbocycles. The first-order valence-corrected chi connectivity index (χ1v) is 6.05. The van der Waals surface area contributed by atoms with Crippen molar-refractivity contribution in [2.75, 3.05) is 5.32 Å². The van der Waals surface area contributed by atoms with Crippen LogP contribution in [0.25, 0.3) is 10.9 Å². The summed E-state index contributed by atoms with van der Waals surface area (Å²) in [5.74, 6) is 1.33. The number of fused-ring (bicyclic) bond motifs is 1. The normalized spacial score (nSPS) is 10.8. The van der Waals surface area contributed by atoms with Gasteiger partial charge < -0.3 is 9.73 Å². The maximum absolute atomic E-state index is 13.2. The first-order chi connectivity index (χ1) is 9.22. The summed E-state index contributed by atoms with van der Waals surface area (Å²) in [4.78, 5) is 4.38. The Morgan fingerprint density at radius 1 is 1.21 bits per heavy atom. The highest BCUT2D eigenvalue weighted by atomic mass is 19.1. The van der Waals surface area contributed by atoms with E-state index in [1.54, 1.807) is 12.3 Å². The van der Waals surface area contributed by atoms with Crippen LogP contribution in [-0.4, -0.2) is 4.98 Å². The zero-order valence-electron chi connectivity index (χ0n) is 10.5. The molecule has 4 heteroatoms. The number of hydrogen-bond acceptors (Lipinski definition) is 3. The first kappa shape index (κ1) is 11.7. The molecule has 0 amide bonds. The largest absolute Gasteiger partial charge is 0.469 e. The molecule has 2 heterocycles. The van der Waals surface area contributed by atoms with E-state index in [0.29, 0.717) is 12.1 Å². The minimum atomic E-state index is -0.275.